The second-order valence-corrected chi connectivity index (χ2v) is 6.16. The van der Waals surface area contributed by atoms with Crippen LogP contribution in [0.15, 0.2) is 58.7 Å². The molecule has 0 radical (unpaired) electrons. The molecular formula is C14H16N4O2S. The van der Waals surface area contributed by atoms with E-state index < -0.39 is 10.0 Å². The highest BCUT2D eigenvalue weighted by Gasteiger charge is 2.14. The maximum absolute atomic E-state index is 12.1. The molecule has 1 aromatic carbocycles. The number of hydrogen-bond acceptors (Lipinski definition) is 4. The van der Waals surface area contributed by atoms with Gasteiger partial charge in [-0.2, -0.15) is 0 Å². The number of aromatic nitrogens is 1. The minimum atomic E-state index is -3.70. The maximum Gasteiger partial charge on any atom is 0.264 e. The van der Waals surface area contributed by atoms with Crippen LogP contribution in [-0.4, -0.2) is 19.4 Å². The number of aliphatic imine (C=N–C) groups is 1. The summed E-state index contributed by atoms with van der Waals surface area (Å²) in [5.74, 6) is -0.153. The van der Waals surface area contributed by atoms with E-state index in [1.807, 2.05) is 13.0 Å². The molecule has 0 aliphatic heterocycles. The summed E-state index contributed by atoms with van der Waals surface area (Å²) in [5, 5.41) is 0. The predicted octanol–water partition coefficient (Wildman–Crippen LogP) is 1.18. The molecule has 0 bridgehead atoms. The van der Waals surface area contributed by atoms with Crippen LogP contribution in [0.4, 0.5) is 0 Å². The predicted molar refractivity (Wildman–Crippen MR) is 81.1 cm³/mol. The molecule has 0 saturated carbocycles. The van der Waals surface area contributed by atoms with E-state index in [4.69, 9.17) is 5.73 Å². The summed E-state index contributed by atoms with van der Waals surface area (Å²) < 4.78 is 26.4. The first-order valence-corrected chi connectivity index (χ1v) is 7.74. The van der Waals surface area contributed by atoms with Crippen molar-refractivity contribution in [1.29, 1.82) is 0 Å². The van der Waals surface area contributed by atoms with E-state index in [9.17, 15) is 8.42 Å². The molecule has 2 rings (SSSR count). The van der Waals surface area contributed by atoms with Crippen LogP contribution in [0, 0.1) is 6.92 Å². The zero-order valence-corrected chi connectivity index (χ0v) is 12.3. The molecule has 110 valence electrons. The number of aryl methyl sites for hydroxylation is 1. The molecule has 3 N–H and O–H groups in total. The number of hydrogen-bond donors (Lipinski definition) is 2. The molecule has 21 heavy (non-hydrogen) atoms. The number of nitrogens with one attached hydrogen (secondary N) is 1. The molecule has 0 spiro atoms. The summed E-state index contributed by atoms with van der Waals surface area (Å²) in [5.41, 5.74) is 7.44. The Kier molecular flexibility index (Phi) is 4.54. The smallest absolute Gasteiger partial charge is 0.264 e. The van der Waals surface area contributed by atoms with E-state index in [1.165, 1.54) is 12.1 Å². The first kappa shape index (κ1) is 15.0. The fourth-order valence-corrected chi connectivity index (χ4v) is 2.57. The summed E-state index contributed by atoms with van der Waals surface area (Å²) >= 11 is 0. The number of sulfonamides is 1. The fraction of sp³-hybridized carbons (Fsp3) is 0.143. The van der Waals surface area contributed by atoms with Crippen molar-refractivity contribution in [2.75, 3.05) is 0 Å². The second-order valence-electron chi connectivity index (χ2n) is 4.48. The summed E-state index contributed by atoms with van der Waals surface area (Å²) in [6.07, 6.45) is 3.29. The Morgan fingerprint density at radius 1 is 1.29 bits per heavy atom. The summed E-state index contributed by atoms with van der Waals surface area (Å²) in [7, 11) is -3.70. The number of rotatable bonds is 4. The Labute approximate surface area is 123 Å². The minimum Gasteiger partial charge on any atom is -0.369 e. The van der Waals surface area contributed by atoms with Crippen molar-refractivity contribution in [1.82, 2.24) is 9.71 Å². The van der Waals surface area contributed by atoms with Gasteiger partial charge in [-0.15, -0.1) is 0 Å². The SMILES string of the molecule is Cc1ccc(S(=O)(=O)NC(N)=NCc2cccnc2)cc1. The van der Waals surface area contributed by atoms with Crippen molar-refractivity contribution in [2.45, 2.75) is 18.4 Å². The van der Waals surface area contributed by atoms with Gasteiger partial charge in [-0.3, -0.25) is 4.98 Å². The first-order chi connectivity index (χ1) is 9.97. The van der Waals surface area contributed by atoms with Crippen LogP contribution in [0.2, 0.25) is 0 Å². The molecule has 0 saturated heterocycles. The van der Waals surface area contributed by atoms with E-state index in [1.54, 1.807) is 30.6 Å². The van der Waals surface area contributed by atoms with Crippen LogP contribution in [-0.2, 0) is 16.6 Å². The summed E-state index contributed by atoms with van der Waals surface area (Å²) in [6, 6.07) is 10.1. The van der Waals surface area contributed by atoms with Crippen LogP contribution >= 0.6 is 0 Å². The summed E-state index contributed by atoms with van der Waals surface area (Å²) in [4.78, 5) is 8.08. The number of nitrogens with zero attached hydrogens (tertiary/aromatic N) is 2. The average Bonchev–Trinajstić information content (AvgIpc) is 2.46. The van der Waals surface area contributed by atoms with Gasteiger partial charge < -0.3 is 5.73 Å². The van der Waals surface area contributed by atoms with Crippen LogP contribution in [0.1, 0.15) is 11.1 Å². The zero-order chi connectivity index (χ0) is 15.3. The largest absolute Gasteiger partial charge is 0.369 e. The lowest BCUT2D eigenvalue weighted by Gasteiger charge is -2.07. The average molecular weight is 304 g/mol. The molecule has 0 aliphatic carbocycles. The van der Waals surface area contributed by atoms with Gasteiger partial charge in [-0.05, 0) is 30.7 Å². The number of nitrogens with two attached hydrogens (primary N) is 1. The molecule has 0 fully saturated rings. The van der Waals surface area contributed by atoms with E-state index >= 15 is 0 Å². The Hall–Kier alpha value is -2.41. The molecule has 2 aromatic rings. The first-order valence-electron chi connectivity index (χ1n) is 6.26. The molecule has 6 nitrogen and oxygen atoms in total. The quantitative estimate of drug-likeness (QED) is 0.654. The van der Waals surface area contributed by atoms with Crippen molar-refractivity contribution >= 4 is 16.0 Å². The van der Waals surface area contributed by atoms with Gasteiger partial charge in [0.1, 0.15) is 0 Å². The van der Waals surface area contributed by atoms with Gasteiger partial charge in [-0.1, -0.05) is 23.8 Å². The van der Waals surface area contributed by atoms with Crippen molar-refractivity contribution in [2.24, 2.45) is 10.7 Å². The Balaban J connectivity index is 2.07. The van der Waals surface area contributed by atoms with Gasteiger partial charge in [0.05, 0.1) is 11.4 Å². The molecule has 0 unspecified atom stereocenters. The molecule has 0 aliphatic rings. The Bertz CT molecular complexity index is 725. The van der Waals surface area contributed by atoms with Gasteiger partial charge in [0, 0.05) is 12.4 Å². The zero-order valence-electron chi connectivity index (χ0n) is 11.5. The molecule has 0 amide bonds. The lowest BCUT2D eigenvalue weighted by molar-refractivity contribution is 0.592. The third-order valence-electron chi connectivity index (χ3n) is 2.72. The van der Waals surface area contributed by atoms with E-state index in [0.29, 0.717) is 0 Å². The standard InChI is InChI=1S/C14H16N4O2S/c1-11-4-6-13(7-5-11)21(19,20)18-14(15)17-10-12-3-2-8-16-9-12/h2-9H,10H2,1H3,(H3,15,17,18). The van der Waals surface area contributed by atoms with Crippen molar-refractivity contribution in [3.63, 3.8) is 0 Å². The van der Waals surface area contributed by atoms with Crippen LogP contribution in [0.5, 0.6) is 0 Å². The summed E-state index contributed by atoms with van der Waals surface area (Å²) in [6.45, 7) is 2.14. The van der Waals surface area contributed by atoms with Gasteiger partial charge in [0.25, 0.3) is 10.0 Å². The third kappa shape index (κ3) is 4.28. The lowest BCUT2D eigenvalue weighted by atomic mass is 10.2. The monoisotopic (exact) mass is 304 g/mol. The minimum absolute atomic E-state index is 0.146. The van der Waals surface area contributed by atoms with E-state index in [0.717, 1.165) is 11.1 Å². The highest BCUT2D eigenvalue weighted by molar-refractivity contribution is 7.90. The van der Waals surface area contributed by atoms with E-state index in [2.05, 4.69) is 14.7 Å². The molecule has 1 heterocycles. The van der Waals surface area contributed by atoms with Gasteiger partial charge >= 0.3 is 0 Å². The molecular weight excluding hydrogens is 288 g/mol. The second kappa shape index (κ2) is 6.36. The van der Waals surface area contributed by atoms with Crippen molar-refractivity contribution in [3.8, 4) is 0 Å². The van der Waals surface area contributed by atoms with Crippen molar-refractivity contribution in [3.05, 3.63) is 59.9 Å². The highest BCUT2D eigenvalue weighted by Crippen LogP contribution is 2.09. The normalized spacial score (nSPS) is 12.1. The van der Waals surface area contributed by atoms with Crippen LogP contribution in [0.25, 0.3) is 0 Å². The van der Waals surface area contributed by atoms with Gasteiger partial charge in [0.15, 0.2) is 0 Å². The Morgan fingerprint density at radius 2 is 2.00 bits per heavy atom. The van der Waals surface area contributed by atoms with Gasteiger partial charge in [-0.25, -0.2) is 18.1 Å². The third-order valence-corrected chi connectivity index (χ3v) is 4.10. The number of benzene rings is 1. The van der Waals surface area contributed by atoms with E-state index in [-0.39, 0.29) is 17.4 Å². The molecule has 0 atom stereocenters. The lowest BCUT2D eigenvalue weighted by Crippen LogP contribution is -2.36. The Morgan fingerprint density at radius 3 is 2.62 bits per heavy atom. The maximum atomic E-state index is 12.1. The van der Waals surface area contributed by atoms with Crippen molar-refractivity contribution < 1.29 is 8.42 Å². The molecule has 1 aromatic heterocycles. The van der Waals surface area contributed by atoms with Gasteiger partial charge in [0.2, 0.25) is 5.96 Å². The van der Waals surface area contributed by atoms with Crippen LogP contribution in [0.3, 0.4) is 0 Å². The number of guanidine groups is 1. The number of pyridine rings is 1. The van der Waals surface area contributed by atoms with Crippen LogP contribution < -0.4 is 10.5 Å². The fourth-order valence-electron chi connectivity index (χ4n) is 1.61. The topological polar surface area (TPSA) is 97.4 Å². The molecule has 7 heteroatoms. The highest BCUT2D eigenvalue weighted by atomic mass is 32.2.